The maximum absolute atomic E-state index is 12.9. The number of nitrogens with two attached hydrogens (primary N) is 1. The van der Waals surface area contributed by atoms with Crippen molar-refractivity contribution in [3.8, 4) is 10.6 Å². The Morgan fingerprint density at radius 3 is 2.52 bits per heavy atom. The summed E-state index contributed by atoms with van der Waals surface area (Å²) in [6.45, 7) is 1.30. The largest absolute Gasteiger partial charge is 0.370 e. The minimum Gasteiger partial charge on any atom is -0.370 e. The summed E-state index contributed by atoms with van der Waals surface area (Å²) in [5, 5.41) is 8.60. The first-order valence-corrected chi connectivity index (χ1v) is 10.9. The molecule has 4 rings (SSSR count). The van der Waals surface area contributed by atoms with Gasteiger partial charge in [0.1, 0.15) is 16.2 Å². The van der Waals surface area contributed by atoms with E-state index in [1.807, 2.05) is 36.4 Å². The Morgan fingerprint density at radius 1 is 1.13 bits per heavy atom. The molecule has 1 fully saturated rings. The summed E-state index contributed by atoms with van der Waals surface area (Å²) in [7, 11) is 1.77. The number of likely N-dealkylation sites (N-methyl/N-ethyl adjacent to an activating group) is 1. The summed E-state index contributed by atoms with van der Waals surface area (Å²) in [5.41, 5.74) is 7.85. The maximum atomic E-state index is 12.9. The summed E-state index contributed by atoms with van der Waals surface area (Å²) < 4.78 is 0. The van der Waals surface area contributed by atoms with Gasteiger partial charge in [-0.25, -0.2) is 4.98 Å². The van der Waals surface area contributed by atoms with Crippen molar-refractivity contribution in [1.82, 2.24) is 15.3 Å². The van der Waals surface area contributed by atoms with Gasteiger partial charge in [0.25, 0.3) is 5.91 Å². The van der Waals surface area contributed by atoms with Crippen LogP contribution in [0.1, 0.15) is 23.3 Å². The molecule has 0 radical (unpaired) electrons. The molecule has 2 amide bonds. The quantitative estimate of drug-likeness (QED) is 0.547. The Balaban J connectivity index is 1.49. The third-order valence-corrected chi connectivity index (χ3v) is 6.62. The van der Waals surface area contributed by atoms with E-state index < -0.39 is 5.54 Å². The molecular formula is C22H24N6O2S. The second-order valence-electron chi connectivity index (χ2n) is 7.43. The predicted molar refractivity (Wildman–Crippen MR) is 122 cm³/mol. The van der Waals surface area contributed by atoms with Crippen LogP contribution in [0.15, 0.2) is 54.2 Å². The molecule has 1 aromatic carbocycles. The number of anilines is 2. The zero-order valence-electron chi connectivity index (χ0n) is 17.2. The third kappa shape index (κ3) is 4.28. The Labute approximate surface area is 184 Å². The number of primary amides is 1. The number of pyridine rings is 1. The number of piperidine rings is 1. The highest BCUT2D eigenvalue weighted by Gasteiger charge is 2.38. The van der Waals surface area contributed by atoms with Crippen LogP contribution in [0.25, 0.3) is 10.6 Å². The van der Waals surface area contributed by atoms with E-state index in [0.717, 1.165) is 16.3 Å². The van der Waals surface area contributed by atoms with Crippen LogP contribution < -0.4 is 21.3 Å². The predicted octanol–water partition coefficient (Wildman–Crippen LogP) is 2.50. The zero-order chi connectivity index (χ0) is 21.8. The van der Waals surface area contributed by atoms with Gasteiger partial charge in [-0.3, -0.25) is 14.6 Å². The summed E-state index contributed by atoms with van der Waals surface area (Å²) in [5.74, 6) is -0.590. The SMILES string of the molecule is CNC1(C(N)=O)CCN(c2ccccc2NC(=O)c2csc(-c3ccncc3)n2)CC1. The summed E-state index contributed by atoms with van der Waals surface area (Å²) in [4.78, 5) is 35.4. The summed E-state index contributed by atoms with van der Waals surface area (Å²) in [6, 6.07) is 11.4. The van der Waals surface area contributed by atoms with E-state index in [0.29, 0.717) is 37.3 Å². The molecule has 0 bridgehead atoms. The number of para-hydroxylation sites is 2. The van der Waals surface area contributed by atoms with E-state index in [2.05, 4.69) is 25.5 Å². The van der Waals surface area contributed by atoms with Gasteiger partial charge >= 0.3 is 0 Å². The van der Waals surface area contributed by atoms with Gasteiger partial charge in [-0.1, -0.05) is 12.1 Å². The van der Waals surface area contributed by atoms with Crippen LogP contribution in [-0.4, -0.2) is 47.5 Å². The summed E-state index contributed by atoms with van der Waals surface area (Å²) in [6.07, 6.45) is 4.60. The molecule has 0 unspecified atom stereocenters. The van der Waals surface area contributed by atoms with Crippen LogP contribution in [0.2, 0.25) is 0 Å². The normalized spacial score (nSPS) is 15.5. The van der Waals surface area contributed by atoms with Gasteiger partial charge in [0.05, 0.1) is 11.4 Å². The van der Waals surface area contributed by atoms with Crippen LogP contribution in [0.5, 0.6) is 0 Å². The molecule has 0 atom stereocenters. The Bertz CT molecular complexity index is 1080. The molecule has 3 heterocycles. The number of hydrogen-bond acceptors (Lipinski definition) is 7. The molecule has 31 heavy (non-hydrogen) atoms. The molecular weight excluding hydrogens is 412 g/mol. The van der Waals surface area contributed by atoms with E-state index >= 15 is 0 Å². The molecule has 160 valence electrons. The average molecular weight is 437 g/mol. The van der Waals surface area contributed by atoms with Crippen molar-refractivity contribution < 1.29 is 9.59 Å². The number of nitrogens with zero attached hydrogens (tertiary/aromatic N) is 3. The number of amides is 2. The molecule has 4 N–H and O–H groups in total. The second kappa shape index (κ2) is 8.83. The Morgan fingerprint density at radius 2 is 1.84 bits per heavy atom. The molecule has 8 nitrogen and oxygen atoms in total. The highest BCUT2D eigenvalue weighted by atomic mass is 32.1. The molecule has 2 aromatic heterocycles. The van der Waals surface area contributed by atoms with Crippen LogP contribution >= 0.6 is 11.3 Å². The molecule has 1 saturated heterocycles. The minimum absolute atomic E-state index is 0.261. The summed E-state index contributed by atoms with van der Waals surface area (Å²) >= 11 is 1.42. The topological polar surface area (TPSA) is 113 Å². The monoisotopic (exact) mass is 436 g/mol. The third-order valence-electron chi connectivity index (χ3n) is 5.72. The van der Waals surface area contributed by atoms with Gasteiger partial charge < -0.3 is 21.3 Å². The lowest BCUT2D eigenvalue weighted by Gasteiger charge is -2.41. The van der Waals surface area contributed by atoms with Crippen LogP contribution in [-0.2, 0) is 4.79 Å². The number of thiazole rings is 1. The lowest BCUT2D eigenvalue weighted by Crippen LogP contribution is -2.59. The van der Waals surface area contributed by atoms with Crippen molar-refractivity contribution in [2.45, 2.75) is 18.4 Å². The van der Waals surface area contributed by atoms with Crippen molar-refractivity contribution in [3.05, 3.63) is 59.9 Å². The first-order chi connectivity index (χ1) is 15.0. The standard InChI is InChI=1S/C22H24N6O2S/c1-24-22(21(23)30)8-12-28(13-9-22)18-5-3-2-4-16(18)26-19(29)17-14-31-20(27-17)15-6-10-25-11-7-15/h2-7,10-11,14,24H,8-9,12-13H2,1H3,(H2,23,30)(H,26,29). The first kappa shape index (κ1) is 21.0. The molecule has 0 aliphatic carbocycles. The van der Waals surface area contributed by atoms with Crippen molar-refractivity contribution in [1.29, 1.82) is 0 Å². The number of carbonyl (C=O) groups is 2. The van der Waals surface area contributed by atoms with Crippen molar-refractivity contribution in [2.24, 2.45) is 5.73 Å². The van der Waals surface area contributed by atoms with Crippen LogP contribution in [0, 0.1) is 0 Å². The highest BCUT2D eigenvalue weighted by molar-refractivity contribution is 7.13. The van der Waals surface area contributed by atoms with Gasteiger partial charge in [0.15, 0.2) is 0 Å². The number of rotatable bonds is 6. The van der Waals surface area contributed by atoms with E-state index in [1.165, 1.54) is 11.3 Å². The average Bonchev–Trinajstić information content (AvgIpc) is 3.31. The van der Waals surface area contributed by atoms with Crippen LogP contribution in [0.4, 0.5) is 11.4 Å². The minimum atomic E-state index is -0.682. The molecule has 3 aromatic rings. The van der Waals surface area contributed by atoms with Gasteiger partial charge in [-0.15, -0.1) is 11.3 Å². The maximum Gasteiger partial charge on any atom is 0.275 e. The molecule has 0 spiro atoms. The number of aromatic nitrogens is 2. The lowest BCUT2D eigenvalue weighted by molar-refractivity contribution is -0.125. The molecule has 1 aliphatic rings. The number of nitrogens with one attached hydrogen (secondary N) is 2. The smallest absolute Gasteiger partial charge is 0.275 e. The van der Waals surface area contributed by atoms with E-state index in [9.17, 15) is 9.59 Å². The fourth-order valence-corrected chi connectivity index (χ4v) is 4.60. The first-order valence-electron chi connectivity index (χ1n) is 10.0. The fourth-order valence-electron chi connectivity index (χ4n) is 3.80. The highest BCUT2D eigenvalue weighted by Crippen LogP contribution is 2.32. The van der Waals surface area contributed by atoms with E-state index in [-0.39, 0.29) is 11.8 Å². The van der Waals surface area contributed by atoms with Crippen molar-refractivity contribution in [3.63, 3.8) is 0 Å². The van der Waals surface area contributed by atoms with Crippen molar-refractivity contribution >= 4 is 34.5 Å². The number of benzene rings is 1. The van der Waals surface area contributed by atoms with Gasteiger partial charge in [-0.05, 0) is 44.2 Å². The number of hydrogen-bond donors (Lipinski definition) is 3. The zero-order valence-corrected chi connectivity index (χ0v) is 18.0. The Hall–Kier alpha value is -3.30. The van der Waals surface area contributed by atoms with Crippen molar-refractivity contribution in [2.75, 3.05) is 30.4 Å². The van der Waals surface area contributed by atoms with Gasteiger partial charge in [0.2, 0.25) is 5.91 Å². The molecule has 0 saturated carbocycles. The van der Waals surface area contributed by atoms with E-state index in [4.69, 9.17) is 5.73 Å². The molecule has 9 heteroatoms. The van der Waals surface area contributed by atoms with E-state index in [1.54, 1.807) is 24.8 Å². The lowest BCUT2D eigenvalue weighted by atomic mass is 9.86. The van der Waals surface area contributed by atoms with Crippen LogP contribution in [0.3, 0.4) is 0 Å². The van der Waals surface area contributed by atoms with Gasteiger partial charge in [0, 0.05) is 36.4 Å². The fraction of sp³-hybridized carbons (Fsp3) is 0.273. The Kier molecular flexibility index (Phi) is 5.97. The molecule has 1 aliphatic heterocycles. The number of carbonyl (C=O) groups excluding carboxylic acids is 2. The van der Waals surface area contributed by atoms with Gasteiger partial charge in [-0.2, -0.15) is 0 Å². The second-order valence-corrected chi connectivity index (χ2v) is 8.29.